The highest BCUT2D eigenvalue weighted by Crippen LogP contribution is 2.46. The van der Waals surface area contributed by atoms with Crippen LogP contribution in [0.15, 0.2) is 117 Å². The molecule has 4 aromatic carbocycles. The highest BCUT2D eigenvalue weighted by Gasteiger charge is 2.39. The van der Waals surface area contributed by atoms with Gasteiger partial charge in [-0.15, -0.1) is 0 Å². The molecule has 41 heavy (non-hydrogen) atoms. The number of rotatable bonds is 8. The van der Waals surface area contributed by atoms with E-state index in [0.717, 1.165) is 48.5 Å². The molecule has 12 nitrogen and oxygen atoms in total. The van der Waals surface area contributed by atoms with E-state index in [-0.39, 0.29) is 22.3 Å². The molecule has 0 aliphatic rings. The smallest absolute Gasteiger partial charge is 0.282 e. The van der Waals surface area contributed by atoms with E-state index in [1.807, 2.05) is 0 Å². The first-order valence-corrected chi connectivity index (χ1v) is 16.9. The minimum atomic E-state index is -4.61. The van der Waals surface area contributed by atoms with Crippen LogP contribution in [0.4, 0.5) is 0 Å². The van der Waals surface area contributed by atoms with E-state index in [1.165, 1.54) is 48.5 Å². The summed E-state index contributed by atoms with van der Waals surface area (Å²) in [6.07, 6.45) is 0. The minimum Gasteiger partial charge on any atom is -0.282 e. The summed E-state index contributed by atoms with van der Waals surface area (Å²) in [6.45, 7) is 0. The molecule has 0 atom stereocenters. The fourth-order valence-electron chi connectivity index (χ4n) is 4.51. The topological polar surface area (TPSA) is 217 Å². The maximum atomic E-state index is 11.7. The lowest BCUT2D eigenvalue weighted by Gasteiger charge is -2.37. The molecule has 0 aliphatic heterocycles. The predicted molar refractivity (Wildman–Crippen MR) is 144 cm³/mol. The third-order valence-electron chi connectivity index (χ3n) is 6.34. The lowest BCUT2D eigenvalue weighted by atomic mass is 9.65. The Labute approximate surface area is 235 Å². The van der Waals surface area contributed by atoms with Crippen LogP contribution in [0.25, 0.3) is 0 Å². The van der Waals surface area contributed by atoms with Crippen LogP contribution in [0.2, 0.25) is 0 Å². The normalized spacial score (nSPS) is 13.2. The van der Waals surface area contributed by atoms with Gasteiger partial charge in [-0.1, -0.05) is 48.5 Å². The second kappa shape index (κ2) is 10.4. The molecule has 0 radical (unpaired) electrons. The van der Waals surface area contributed by atoms with Gasteiger partial charge in [0.25, 0.3) is 40.5 Å². The van der Waals surface area contributed by atoms with Gasteiger partial charge in [-0.3, -0.25) is 18.2 Å². The molecule has 0 spiro atoms. The van der Waals surface area contributed by atoms with Gasteiger partial charge in [-0.25, -0.2) is 0 Å². The Morgan fingerprint density at radius 1 is 0.317 bits per heavy atom. The maximum absolute atomic E-state index is 11.7. The van der Waals surface area contributed by atoms with Gasteiger partial charge in [0.1, 0.15) is 0 Å². The first-order chi connectivity index (χ1) is 18.8. The lowest BCUT2D eigenvalue weighted by Crippen LogP contribution is -2.31. The van der Waals surface area contributed by atoms with Crippen molar-refractivity contribution in [1.29, 1.82) is 0 Å². The van der Waals surface area contributed by atoms with Gasteiger partial charge in [0.15, 0.2) is 0 Å². The standard InChI is InChI=1S/C25H20O12S4/c26-38(27,28)21-9-1-17(2-10-21)25(18-3-11-22(12-4-18)39(29,30)31,19-5-13-23(14-6-19)40(32,33)34)20-7-15-24(16-8-20)41(35,36)37/h1-16H,(H,26,27,28)(H,29,30,31)(H,32,33,34)(H,35,36,37). The second-order valence-corrected chi connectivity index (χ2v) is 14.4. The molecule has 4 N–H and O–H groups in total. The zero-order valence-corrected chi connectivity index (χ0v) is 23.7. The third kappa shape index (κ3) is 6.09. The Morgan fingerprint density at radius 3 is 0.585 bits per heavy atom. The van der Waals surface area contributed by atoms with Crippen molar-refractivity contribution in [3.8, 4) is 0 Å². The van der Waals surface area contributed by atoms with Crippen molar-refractivity contribution >= 4 is 40.5 Å². The van der Waals surface area contributed by atoms with Crippen molar-refractivity contribution in [2.45, 2.75) is 25.0 Å². The Morgan fingerprint density at radius 2 is 0.463 bits per heavy atom. The first-order valence-electron chi connectivity index (χ1n) is 11.2. The van der Waals surface area contributed by atoms with E-state index in [9.17, 15) is 51.9 Å². The van der Waals surface area contributed by atoms with Crippen molar-refractivity contribution in [3.63, 3.8) is 0 Å². The average molecular weight is 641 g/mol. The molecule has 4 rings (SSSR count). The van der Waals surface area contributed by atoms with Crippen LogP contribution in [0.3, 0.4) is 0 Å². The van der Waals surface area contributed by atoms with Crippen molar-refractivity contribution in [1.82, 2.24) is 0 Å². The molecule has 0 aromatic heterocycles. The van der Waals surface area contributed by atoms with Gasteiger partial charge in [-0.05, 0) is 70.8 Å². The van der Waals surface area contributed by atoms with E-state index in [1.54, 1.807) is 0 Å². The number of hydrogen-bond acceptors (Lipinski definition) is 8. The molecule has 0 unspecified atom stereocenters. The molecular weight excluding hydrogens is 621 g/mol. The Balaban J connectivity index is 2.15. The molecule has 0 saturated heterocycles. The Kier molecular flexibility index (Phi) is 7.74. The van der Waals surface area contributed by atoms with Gasteiger partial charge in [0.05, 0.1) is 25.0 Å². The highest BCUT2D eigenvalue weighted by molar-refractivity contribution is 7.86. The van der Waals surface area contributed by atoms with Crippen LogP contribution in [0, 0.1) is 0 Å². The van der Waals surface area contributed by atoms with Crippen LogP contribution in [-0.2, 0) is 45.9 Å². The van der Waals surface area contributed by atoms with Gasteiger partial charge in [0, 0.05) is 0 Å². The summed E-state index contributed by atoms with van der Waals surface area (Å²) in [5.74, 6) is 0. The molecule has 0 saturated carbocycles. The summed E-state index contributed by atoms with van der Waals surface area (Å²) in [6, 6.07) is 19.3. The molecule has 0 aliphatic carbocycles. The summed E-state index contributed by atoms with van der Waals surface area (Å²) < 4.78 is 132. The fourth-order valence-corrected chi connectivity index (χ4v) is 6.43. The van der Waals surface area contributed by atoms with Gasteiger partial charge in [0.2, 0.25) is 0 Å². The zero-order chi connectivity index (χ0) is 30.4. The lowest BCUT2D eigenvalue weighted by molar-refractivity contribution is 0.481. The van der Waals surface area contributed by atoms with Crippen LogP contribution >= 0.6 is 0 Å². The van der Waals surface area contributed by atoms with Crippen LogP contribution < -0.4 is 0 Å². The van der Waals surface area contributed by atoms with Gasteiger partial charge in [-0.2, -0.15) is 33.7 Å². The Hall–Kier alpha value is -3.48. The fraction of sp³-hybridized carbons (Fsp3) is 0.0400. The van der Waals surface area contributed by atoms with Crippen molar-refractivity contribution in [2.24, 2.45) is 0 Å². The second-order valence-electron chi connectivity index (χ2n) is 8.75. The van der Waals surface area contributed by atoms with Gasteiger partial charge >= 0.3 is 0 Å². The van der Waals surface area contributed by atoms with E-state index >= 15 is 0 Å². The summed E-state index contributed by atoms with van der Waals surface area (Å²) in [5.41, 5.74) is -0.440. The summed E-state index contributed by atoms with van der Waals surface area (Å²) in [5, 5.41) is 0. The molecule has 0 heterocycles. The minimum absolute atomic E-state index is 0.281. The summed E-state index contributed by atoms with van der Waals surface area (Å²) >= 11 is 0. The molecule has 4 aromatic rings. The van der Waals surface area contributed by atoms with Crippen molar-refractivity contribution in [2.75, 3.05) is 0 Å². The van der Waals surface area contributed by atoms with E-state index in [2.05, 4.69) is 0 Å². The van der Waals surface area contributed by atoms with Crippen LogP contribution in [0.5, 0.6) is 0 Å². The zero-order valence-electron chi connectivity index (χ0n) is 20.4. The molecule has 0 bridgehead atoms. The number of benzene rings is 4. The number of hydrogen-bond donors (Lipinski definition) is 4. The monoisotopic (exact) mass is 640 g/mol. The highest BCUT2D eigenvalue weighted by atomic mass is 32.2. The van der Waals surface area contributed by atoms with Crippen LogP contribution in [0.1, 0.15) is 22.3 Å². The molecule has 0 amide bonds. The molecule has 216 valence electrons. The largest absolute Gasteiger partial charge is 0.294 e. The first kappa shape index (κ1) is 30.5. The van der Waals surface area contributed by atoms with Crippen molar-refractivity contribution < 1.29 is 51.9 Å². The molecule has 0 fully saturated rings. The third-order valence-corrected chi connectivity index (χ3v) is 9.81. The SMILES string of the molecule is O=S(=O)(O)c1ccc(C(c2ccc(S(=O)(=O)O)cc2)(c2ccc(S(=O)(=O)O)cc2)c2ccc(S(=O)(=O)O)cc2)cc1. The summed E-state index contributed by atoms with van der Waals surface area (Å²) in [7, 11) is -18.4. The van der Waals surface area contributed by atoms with E-state index in [0.29, 0.717) is 0 Å². The molecule has 16 heteroatoms. The van der Waals surface area contributed by atoms with Gasteiger partial charge < -0.3 is 0 Å². The van der Waals surface area contributed by atoms with Crippen LogP contribution in [-0.4, -0.2) is 51.9 Å². The average Bonchev–Trinajstić information content (AvgIpc) is 2.88. The molecular formula is C25H20O12S4. The quantitative estimate of drug-likeness (QED) is 0.161. The van der Waals surface area contributed by atoms with Crippen molar-refractivity contribution in [3.05, 3.63) is 119 Å². The Bertz CT molecular complexity index is 1730. The summed E-state index contributed by atoms with van der Waals surface area (Å²) in [4.78, 5) is -1.83. The van der Waals surface area contributed by atoms with E-state index < -0.39 is 65.5 Å². The maximum Gasteiger partial charge on any atom is 0.294 e. The predicted octanol–water partition coefficient (Wildman–Crippen LogP) is 3.06. The van der Waals surface area contributed by atoms with E-state index in [4.69, 9.17) is 0 Å².